The van der Waals surface area contributed by atoms with Crippen LogP contribution >= 0.6 is 0 Å². The van der Waals surface area contributed by atoms with Crippen LogP contribution < -0.4 is 0 Å². The third kappa shape index (κ3) is 4.88. The molecule has 0 aromatic carbocycles. The lowest BCUT2D eigenvalue weighted by atomic mass is 10.2. The van der Waals surface area contributed by atoms with Gasteiger partial charge in [-0.2, -0.15) is 0 Å². The van der Waals surface area contributed by atoms with E-state index in [0.29, 0.717) is 13.1 Å². The lowest BCUT2D eigenvalue weighted by Gasteiger charge is -2.24. The summed E-state index contributed by atoms with van der Waals surface area (Å²) in [6, 6.07) is 0. The zero-order valence-corrected chi connectivity index (χ0v) is 13.3. The van der Waals surface area contributed by atoms with Crippen molar-refractivity contribution in [1.29, 1.82) is 0 Å². The van der Waals surface area contributed by atoms with Crippen molar-refractivity contribution in [1.82, 2.24) is 9.80 Å². The summed E-state index contributed by atoms with van der Waals surface area (Å²) in [4.78, 5) is 27.3. The molecule has 0 aliphatic carbocycles. The van der Waals surface area contributed by atoms with Crippen LogP contribution in [0.2, 0.25) is 0 Å². The molecular weight excluding hydrogens is 272 g/mol. The van der Waals surface area contributed by atoms with Gasteiger partial charge < -0.3 is 19.3 Å². The minimum atomic E-state index is -0.484. The van der Waals surface area contributed by atoms with Gasteiger partial charge in [-0.15, -0.1) is 0 Å². The highest BCUT2D eigenvalue weighted by Crippen LogP contribution is 2.17. The minimum absolute atomic E-state index is 0.0585. The number of nitrogens with zero attached hydrogens (tertiary/aromatic N) is 2. The summed E-state index contributed by atoms with van der Waals surface area (Å²) in [5.74, 6) is 0.0585. The lowest BCUT2D eigenvalue weighted by Crippen LogP contribution is -2.37. The third-order valence-corrected chi connectivity index (χ3v) is 3.70. The van der Waals surface area contributed by atoms with Crippen molar-refractivity contribution in [3.63, 3.8) is 0 Å². The Balaban J connectivity index is 1.70. The Morgan fingerprint density at radius 2 is 1.76 bits per heavy atom. The molecule has 2 heterocycles. The maximum Gasteiger partial charge on any atom is 0.410 e. The first-order valence-corrected chi connectivity index (χ1v) is 7.72. The molecule has 2 rings (SSSR count). The van der Waals surface area contributed by atoms with E-state index in [1.54, 1.807) is 4.90 Å². The quantitative estimate of drug-likeness (QED) is 0.794. The van der Waals surface area contributed by atoms with E-state index >= 15 is 0 Å². The second kappa shape index (κ2) is 6.64. The topological polar surface area (TPSA) is 59.1 Å². The molecule has 2 aliphatic rings. The van der Waals surface area contributed by atoms with Crippen LogP contribution in [0.15, 0.2) is 0 Å². The Morgan fingerprint density at radius 3 is 2.38 bits per heavy atom. The molecule has 0 radical (unpaired) electrons. The van der Waals surface area contributed by atoms with E-state index in [1.165, 1.54) is 0 Å². The number of likely N-dealkylation sites (tertiary alicyclic amines) is 2. The third-order valence-electron chi connectivity index (χ3n) is 3.70. The van der Waals surface area contributed by atoms with Gasteiger partial charge in [0.15, 0.2) is 0 Å². The fourth-order valence-corrected chi connectivity index (χ4v) is 2.60. The van der Waals surface area contributed by atoms with Gasteiger partial charge in [0.05, 0.1) is 12.6 Å². The Morgan fingerprint density at radius 1 is 1.10 bits per heavy atom. The summed E-state index contributed by atoms with van der Waals surface area (Å²) in [6.45, 7) is 8.48. The van der Waals surface area contributed by atoms with Crippen LogP contribution in [-0.2, 0) is 14.3 Å². The molecule has 2 amide bonds. The second-order valence-corrected chi connectivity index (χ2v) is 6.74. The summed E-state index contributed by atoms with van der Waals surface area (Å²) in [5.41, 5.74) is -0.484. The molecule has 0 spiro atoms. The van der Waals surface area contributed by atoms with E-state index in [4.69, 9.17) is 9.47 Å². The molecule has 0 unspecified atom stereocenters. The average Bonchev–Trinajstić information content (AvgIpc) is 3.05. The van der Waals surface area contributed by atoms with Gasteiger partial charge in [-0.1, -0.05) is 0 Å². The van der Waals surface area contributed by atoms with Crippen LogP contribution in [-0.4, -0.2) is 66.3 Å². The zero-order valence-electron chi connectivity index (χ0n) is 13.3. The van der Waals surface area contributed by atoms with Gasteiger partial charge in [-0.25, -0.2) is 4.79 Å². The zero-order chi connectivity index (χ0) is 15.5. The Labute approximate surface area is 126 Å². The molecule has 6 nitrogen and oxygen atoms in total. The molecule has 0 saturated carbocycles. The van der Waals surface area contributed by atoms with Gasteiger partial charge in [0.25, 0.3) is 0 Å². The van der Waals surface area contributed by atoms with Crippen molar-refractivity contribution in [3.8, 4) is 0 Å². The molecule has 21 heavy (non-hydrogen) atoms. The summed E-state index contributed by atoms with van der Waals surface area (Å²) < 4.78 is 11.0. The number of hydrogen-bond donors (Lipinski definition) is 0. The SMILES string of the molecule is CC(C)(C)OC(=O)N1CC[C@@H](OCC(=O)N2CCCC2)C1. The highest BCUT2D eigenvalue weighted by molar-refractivity contribution is 5.77. The largest absolute Gasteiger partial charge is 0.444 e. The normalized spacial score (nSPS) is 22.7. The highest BCUT2D eigenvalue weighted by atomic mass is 16.6. The Bertz CT molecular complexity index is 386. The van der Waals surface area contributed by atoms with Crippen molar-refractivity contribution in [3.05, 3.63) is 0 Å². The number of rotatable bonds is 3. The number of hydrogen-bond acceptors (Lipinski definition) is 4. The van der Waals surface area contributed by atoms with Gasteiger partial charge in [0.1, 0.15) is 12.2 Å². The molecule has 1 atom stereocenters. The van der Waals surface area contributed by atoms with Crippen molar-refractivity contribution >= 4 is 12.0 Å². The summed E-state index contributed by atoms with van der Waals surface area (Å²) in [5, 5.41) is 0. The monoisotopic (exact) mass is 298 g/mol. The van der Waals surface area contributed by atoms with Crippen LogP contribution in [0, 0.1) is 0 Å². The number of carbonyl (C=O) groups excluding carboxylic acids is 2. The van der Waals surface area contributed by atoms with Crippen molar-refractivity contribution in [2.75, 3.05) is 32.8 Å². The molecule has 2 aliphatic heterocycles. The first-order valence-electron chi connectivity index (χ1n) is 7.72. The van der Waals surface area contributed by atoms with Gasteiger partial charge >= 0.3 is 6.09 Å². The molecule has 0 bridgehead atoms. The molecule has 2 saturated heterocycles. The van der Waals surface area contributed by atoms with E-state index in [0.717, 1.165) is 32.4 Å². The van der Waals surface area contributed by atoms with Gasteiger partial charge in [0.2, 0.25) is 5.91 Å². The maximum absolute atomic E-state index is 11.9. The Hall–Kier alpha value is -1.30. The fourth-order valence-electron chi connectivity index (χ4n) is 2.60. The van der Waals surface area contributed by atoms with E-state index in [2.05, 4.69) is 0 Å². The van der Waals surface area contributed by atoms with E-state index in [1.807, 2.05) is 25.7 Å². The first kappa shape index (κ1) is 16.1. The second-order valence-electron chi connectivity index (χ2n) is 6.74. The molecule has 120 valence electrons. The molecule has 2 fully saturated rings. The van der Waals surface area contributed by atoms with Gasteiger partial charge in [-0.3, -0.25) is 4.79 Å². The molecule has 0 N–H and O–H groups in total. The smallest absolute Gasteiger partial charge is 0.410 e. The number of ether oxygens (including phenoxy) is 2. The van der Waals surface area contributed by atoms with Gasteiger partial charge in [-0.05, 0) is 40.0 Å². The van der Waals surface area contributed by atoms with E-state index in [9.17, 15) is 9.59 Å². The highest BCUT2D eigenvalue weighted by Gasteiger charge is 2.31. The Kier molecular flexibility index (Phi) is 5.08. The minimum Gasteiger partial charge on any atom is -0.444 e. The summed E-state index contributed by atoms with van der Waals surface area (Å²) in [6.07, 6.45) is 2.55. The first-order chi connectivity index (χ1) is 9.85. The standard InChI is InChI=1S/C15H26N2O4/c1-15(2,3)21-14(19)17-9-6-12(10-17)20-11-13(18)16-7-4-5-8-16/h12H,4-11H2,1-3H3/t12-/m1/s1. The van der Waals surface area contributed by atoms with E-state index < -0.39 is 5.60 Å². The molecule has 0 aromatic rings. The van der Waals surface area contributed by atoms with Crippen LogP contribution in [0.25, 0.3) is 0 Å². The molecule has 0 aromatic heterocycles. The van der Waals surface area contributed by atoms with Crippen LogP contribution in [0.5, 0.6) is 0 Å². The van der Waals surface area contributed by atoms with Gasteiger partial charge in [0, 0.05) is 19.6 Å². The fraction of sp³-hybridized carbons (Fsp3) is 0.867. The molecular formula is C15H26N2O4. The number of carbonyl (C=O) groups is 2. The van der Waals surface area contributed by atoms with Crippen LogP contribution in [0.4, 0.5) is 4.79 Å². The summed E-state index contributed by atoms with van der Waals surface area (Å²) >= 11 is 0. The molecule has 6 heteroatoms. The maximum atomic E-state index is 11.9. The predicted molar refractivity (Wildman–Crippen MR) is 78.0 cm³/mol. The number of amides is 2. The summed E-state index contributed by atoms with van der Waals surface area (Å²) in [7, 11) is 0. The van der Waals surface area contributed by atoms with Crippen molar-refractivity contribution in [2.45, 2.75) is 51.7 Å². The van der Waals surface area contributed by atoms with Crippen molar-refractivity contribution in [2.24, 2.45) is 0 Å². The van der Waals surface area contributed by atoms with Crippen LogP contribution in [0.3, 0.4) is 0 Å². The predicted octanol–water partition coefficient (Wildman–Crippen LogP) is 1.63. The van der Waals surface area contributed by atoms with E-state index in [-0.39, 0.29) is 24.7 Å². The van der Waals surface area contributed by atoms with Crippen LogP contribution in [0.1, 0.15) is 40.0 Å². The van der Waals surface area contributed by atoms with Crippen molar-refractivity contribution < 1.29 is 19.1 Å². The average molecular weight is 298 g/mol. The lowest BCUT2D eigenvalue weighted by molar-refractivity contribution is -0.136.